The maximum atomic E-state index is 12.3. The molecule has 2 rings (SSSR count). The number of nitrogens with zero attached hydrogens (tertiary/aromatic N) is 2. The molecule has 1 heterocycles. The number of rotatable bonds is 3. The third-order valence-corrected chi connectivity index (χ3v) is 4.19. The van der Waals surface area contributed by atoms with Gasteiger partial charge < -0.3 is 5.73 Å². The fourth-order valence-electron chi connectivity index (χ4n) is 1.95. The first-order chi connectivity index (χ1) is 9.81. The number of benzene rings is 1. The third-order valence-electron chi connectivity index (χ3n) is 2.77. The first-order valence-corrected chi connectivity index (χ1v) is 7.58. The van der Waals surface area contributed by atoms with E-state index in [1.54, 1.807) is 13.0 Å². The van der Waals surface area contributed by atoms with Crippen molar-refractivity contribution in [2.45, 2.75) is 18.7 Å². The Hall–Kier alpha value is -2.59. The second-order valence-electron chi connectivity index (χ2n) is 4.64. The highest BCUT2D eigenvalue weighted by atomic mass is 32.2. The lowest BCUT2D eigenvalue weighted by atomic mass is 10.2. The minimum absolute atomic E-state index is 0.0194. The fraction of sp³-hybridized carbons (Fsp3) is 0.143. The number of aryl methyl sites for hydroxylation is 2. The summed E-state index contributed by atoms with van der Waals surface area (Å²) in [5.41, 5.74) is 7.63. The van der Waals surface area contributed by atoms with Crippen LogP contribution in [0, 0.1) is 25.2 Å². The lowest BCUT2D eigenvalue weighted by Crippen LogP contribution is -2.16. The summed E-state index contributed by atoms with van der Waals surface area (Å²) in [6.07, 6.45) is 0. The van der Waals surface area contributed by atoms with Crippen LogP contribution < -0.4 is 10.5 Å². The van der Waals surface area contributed by atoms with Gasteiger partial charge in [-0.05, 0) is 49.7 Å². The topological polar surface area (TPSA) is 109 Å². The number of nitrogen functional groups attached to an aromatic ring is 1. The molecular formula is C14H14N4O2S. The number of nitrogens with one attached hydrogen (secondary N) is 1. The van der Waals surface area contributed by atoms with Crippen molar-refractivity contribution in [2.24, 2.45) is 0 Å². The minimum Gasteiger partial charge on any atom is -0.398 e. The van der Waals surface area contributed by atoms with Gasteiger partial charge in [-0.25, -0.2) is 13.4 Å². The first kappa shape index (κ1) is 14.8. The van der Waals surface area contributed by atoms with Crippen molar-refractivity contribution in [3.63, 3.8) is 0 Å². The Morgan fingerprint density at radius 3 is 2.52 bits per heavy atom. The molecule has 0 aliphatic heterocycles. The molecule has 0 aliphatic carbocycles. The van der Waals surface area contributed by atoms with E-state index in [9.17, 15) is 8.42 Å². The molecule has 0 fully saturated rings. The largest absolute Gasteiger partial charge is 0.398 e. The monoisotopic (exact) mass is 302 g/mol. The molecule has 0 saturated heterocycles. The first-order valence-electron chi connectivity index (χ1n) is 6.09. The van der Waals surface area contributed by atoms with Gasteiger partial charge in [-0.15, -0.1) is 0 Å². The lowest BCUT2D eigenvalue weighted by Gasteiger charge is -2.10. The molecule has 1 aromatic heterocycles. The van der Waals surface area contributed by atoms with E-state index < -0.39 is 10.0 Å². The predicted molar refractivity (Wildman–Crippen MR) is 80.1 cm³/mol. The van der Waals surface area contributed by atoms with Gasteiger partial charge in [0.1, 0.15) is 10.7 Å². The second-order valence-corrected chi connectivity index (χ2v) is 6.29. The molecule has 108 valence electrons. The maximum absolute atomic E-state index is 12.3. The predicted octanol–water partition coefficient (Wildman–Crippen LogP) is 1.95. The van der Waals surface area contributed by atoms with Gasteiger partial charge in [-0.2, -0.15) is 5.26 Å². The molecule has 0 spiro atoms. The van der Waals surface area contributed by atoms with E-state index in [0.717, 1.165) is 5.56 Å². The quantitative estimate of drug-likeness (QED) is 0.842. The molecule has 21 heavy (non-hydrogen) atoms. The van der Waals surface area contributed by atoms with Crippen LogP contribution in [0.3, 0.4) is 0 Å². The lowest BCUT2D eigenvalue weighted by molar-refractivity contribution is 0.601. The van der Waals surface area contributed by atoms with Gasteiger partial charge in [0.15, 0.2) is 0 Å². The summed E-state index contributed by atoms with van der Waals surface area (Å²) in [6.45, 7) is 3.63. The molecule has 0 aliphatic rings. The Kier molecular flexibility index (Phi) is 3.82. The van der Waals surface area contributed by atoms with E-state index in [1.165, 1.54) is 18.2 Å². The van der Waals surface area contributed by atoms with Crippen molar-refractivity contribution < 1.29 is 8.42 Å². The Morgan fingerprint density at radius 1 is 1.24 bits per heavy atom. The zero-order valence-corrected chi connectivity index (χ0v) is 12.4. The summed E-state index contributed by atoms with van der Waals surface area (Å²) in [5.74, 6) is 0.233. The summed E-state index contributed by atoms with van der Waals surface area (Å²) < 4.78 is 27.1. The van der Waals surface area contributed by atoms with Crippen molar-refractivity contribution in [2.75, 3.05) is 10.5 Å². The molecular weight excluding hydrogens is 288 g/mol. The van der Waals surface area contributed by atoms with Crippen molar-refractivity contribution >= 4 is 21.5 Å². The summed E-state index contributed by atoms with van der Waals surface area (Å²) in [5, 5.41) is 8.77. The van der Waals surface area contributed by atoms with E-state index in [1.807, 2.05) is 19.1 Å². The van der Waals surface area contributed by atoms with Crippen LogP contribution in [0.15, 0.2) is 35.2 Å². The molecule has 2 aromatic rings. The minimum atomic E-state index is -3.85. The van der Waals surface area contributed by atoms with Gasteiger partial charge >= 0.3 is 0 Å². The van der Waals surface area contributed by atoms with Gasteiger partial charge in [0.25, 0.3) is 10.0 Å². The van der Waals surface area contributed by atoms with E-state index in [2.05, 4.69) is 9.71 Å². The Morgan fingerprint density at radius 2 is 1.95 bits per heavy atom. The van der Waals surface area contributed by atoms with Gasteiger partial charge in [-0.1, -0.05) is 0 Å². The van der Waals surface area contributed by atoms with Gasteiger partial charge in [0.2, 0.25) is 0 Å². The fourth-order valence-corrected chi connectivity index (χ4v) is 3.06. The van der Waals surface area contributed by atoms with E-state index in [0.29, 0.717) is 11.3 Å². The molecule has 0 bridgehead atoms. The van der Waals surface area contributed by atoms with Crippen LogP contribution in [0.1, 0.15) is 16.8 Å². The van der Waals surface area contributed by atoms with Gasteiger partial charge in [-0.3, -0.25) is 4.72 Å². The molecule has 0 amide bonds. The van der Waals surface area contributed by atoms with Crippen LogP contribution in [0.2, 0.25) is 0 Å². The molecule has 0 radical (unpaired) electrons. The van der Waals surface area contributed by atoms with Crippen LogP contribution in [0.25, 0.3) is 0 Å². The standard InChI is InChI=1S/C14H14N4O2S/c1-9-5-10(2)17-14(6-9)18-21(19,20)13-4-3-11(8-15)7-12(13)16/h3-7H,16H2,1-2H3,(H,17,18). The number of sulfonamides is 1. The molecule has 0 unspecified atom stereocenters. The van der Waals surface area contributed by atoms with Crippen LogP contribution >= 0.6 is 0 Å². The number of hydrogen-bond donors (Lipinski definition) is 2. The highest BCUT2D eigenvalue weighted by Crippen LogP contribution is 2.22. The van der Waals surface area contributed by atoms with Crippen molar-refractivity contribution in [3.05, 3.63) is 47.2 Å². The number of nitrogens with two attached hydrogens (primary N) is 1. The highest BCUT2D eigenvalue weighted by Gasteiger charge is 2.18. The van der Waals surface area contributed by atoms with Crippen LogP contribution in [-0.4, -0.2) is 13.4 Å². The van der Waals surface area contributed by atoms with Crippen molar-refractivity contribution in [1.29, 1.82) is 5.26 Å². The molecule has 1 aromatic carbocycles. The summed E-state index contributed by atoms with van der Waals surface area (Å²) in [7, 11) is -3.85. The molecule has 0 saturated carbocycles. The number of pyridine rings is 1. The average molecular weight is 302 g/mol. The highest BCUT2D eigenvalue weighted by molar-refractivity contribution is 7.92. The van der Waals surface area contributed by atoms with E-state index >= 15 is 0 Å². The van der Waals surface area contributed by atoms with Crippen LogP contribution in [-0.2, 0) is 10.0 Å². The smallest absolute Gasteiger partial charge is 0.265 e. The van der Waals surface area contributed by atoms with Crippen molar-refractivity contribution in [3.8, 4) is 6.07 Å². The normalized spacial score (nSPS) is 10.9. The second kappa shape index (κ2) is 5.42. The summed E-state index contributed by atoms with van der Waals surface area (Å²) in [6, 6.07) is 9.40. The Balaban J connectivity index is 2.41. The van der Waals surface area contributed by atoms with E-state index in [4.69, 9.17) is 11.0 Å². The SMILES string of the molecule is Cc1cc(C)nc(NS(=O)(=O)c2ccc(C#N)cc2N)c1. The average Bonchev–Trinajstić information content (AvgIpc) is 2.36. The zero-order chi connectivity index (χ0) is 15.6. The Bertz CT molecular complexity index is 818. The number of nitriles is 1. The molecule has 6 nitrogen and oxygen atoms in total. The molecule has 0 atom stereocenters. The van der Waals surface area contributed by atoms with Crippen LogP contribution in [0.4, 0.5) is 11.5 Å². The van der Waals surface area contributed by atoms with Crippen LogP contribution in [0.5, 0.6) is 0 Å². The number of hydrogen-bond acceptors (Lipinski definition) is 5. The summed E-state index contributed by atoms with van der Waals surface area (Å²) in [4.78, 5) is 4.04. The van der Waals surface area contributed by atoms with E-state index in [-0.39, 0.29) is 16.4 Å². The third kappa shape index (κ3) is 3.30. The number of aromatic nitrogens is 1. The maximum Gasteiger partial charge on any atom is 0.265 e. The molecule has 7 heteroatoms. The van der Waals surface area contributed by atoms with Crippen molar-refractivity contribution in [1.82, 2.24) is 4.98 Å². The summed E-state index contributed by atoms with van der Waals surface area (Å²) >= 11 is 0. The van der Waals surface area contributed by atoms with Gasteiger partial charge in [0.05, 0.1) is 17.3 Å². The number of anilines is 2. The zero-order valence-electron chi connectivity index (χ0n) is 11.6. The van der Waals surface area contributed by atoms with Gasteiger partial charge in [0, 0.05) is 5.69 Å². The molecule has 3 N–H and O–H groups in total. The Labute approximate surface area is 123 Å².